The number of esters is 1. The molecule has 0 bridgehead atoms. The van der Waals surface area contributed by atoms with Gasteiger partial charge in [-0.05, 0) is 36.8 Å². The summed E-state index contributed by atoms with van der Waals surface area (Å²) < 4.78 is 49.7. The molecule has 2 aromatic rings. The Kier molecular flexibility index (Phi) is 3.77. The zero-order chi connectivity index (χ0) is 17.6. The van der Waals surface area contributed by atoms with E-state index in [1.165, 1.54) is 12.1 Å². The quantitative estimate of drug-likeness (QED) is 0.766. The minimum Gasteiger partial charge on any atom is -0.455 e. The van der Waals surface area contributed by atoms with Gasteiger partial charge < -0.3 is 9.15 Å². The van der Waals surface area contributed by atoms with Crippen molar-refractivity contribution in [3.63, 3.8) is 0 Å². The highest BCUT2D eigenvalue weighted by Crippen LogP contribution is 2.51. The van der Waals surface area contributed by atoms with Crippen LogP contribution in [0, 0.1) is 5.92 Å². The van der Waals surface area contributed by atoms with Crippen molar-refractivity contribution in [3.05, 3.63) is 47.2 Å². The van der Waals surface area contributed by atoms with Crippen molar-refractivity contribution in [2.75, 3.05) is 0 Å². The smallest absolute Gasteiger partial charge is 0.416 e. The van der Waals surface area contributed by atoms with Crippen molar-refractivity contribution < 1.29 is 27.1 Å². The minimum atomic E-state index is -4.43. The van der Waals surface area contributed by atoms with Crippen LogP contribution < -0.4 is 0 Å². The van der Waals surface area contributed by atoms with E-state index in [1.807, 2.05) is 0 Å². The first kappa shape index (κ1) is 16.1. The maximum absolute atomic E-state index is 13.1. The summed E-state index contributed by atoms with van der Waals surface area (Å²) in [4.78, 5) is 12.1. The molecule has 0 aliphatic heterocycles. The molecule has 25 heavy (non-hydrogen) atoms. The molecule has 8 heteroatoms. The van der Waals surface area contributed by atoms with Gasteiger partial charge in [0.1, 0.15) is 0 Å². The van der Waals surface area contributed by atoms with Crippen molar-refractivity contribution >= 4 is 5.97 Å². The average molecular weight is 352 g/mol. The van der Waals surface area contributed by atoms with Crippen molar-refractivity contribution in [3.8, 4) is 0 Å². The molecule has 2 saturated carbocycles. The van der Waals surface area contributed by atoms with E-state index in [9.17, 15) is 18.0 Å². The zero-order valence-electron chi connectivity index (χ0n) is 13.1. The number of aromatic nitrogens is 2. The van der Waals surface area contributed by atoms with Gasteiger partial charge in [0, 0.05) is 5.92 Å². The predicted molar refractivity (Wildman–Crippen MR) is 78.4 cm³/mol. The van der Waals surface area contributed by atoms with Crippen LogP contribution in [0.25, 0.3) is 0 Å². The van der Waals surface area contributed by atoms with E-state index in [2.05, 4.69) is 10.2 Å². The maximum atomic E-state index is 13.1. The number of hydrogen-bond donors (Lipinski definition) is 0. The van der Waals surface area contributed by atoms with Gasteiger partial charge in [0.05, 0.1) is 11.5 Å². The van der Waals surface area contributed by atoms with E-state index in [-0.39, 0.29) is 18.1 Å². The van der Waals surface area contributed by atoms with E-state index in [4.69, 9.17) is 9.15 Å². The van der Waals surface area contributed by atoms with Crippen LogP contribution in [0.3, 0.4) is 0 Å². The van der Waals surface area contributed by atoms with Crippen LogP contribution in [0.5, 0.6) is 0 Å². The molecule has 1 aromatic heterocycles. The molecule has 0 saturated heterocycles. The Morgan fingerprint density at radius 3 is 2.72 bits per heavy atom. The summed E-state index contributed by atoms with van der Waals surface area (Å²) in [5, 5.41) is 7.69. The fourth-order valence-electron chi connectivity index (χ4n) is 2.94. The number of alkyl halides is 3. The fourth-order valence-corrected chi connectivity index (χ4v) is 2.94. The topological polar surface area (TPSA) is 65.2 Å². The first-order valence-electron chi connectivity index (χ1n) is 8.08. The third-order valence-corrected chi connectivity index (χ3v) is 4.51. The first-order chi connectivity index (χ1) is 11.9. The normalized spacial score (nSPS) is 22.7. The summed E-state index contributed by atoms with van der Waals surface area (Å²) in [7, 11) is 0. The number of carbonyl (C=O) groups is 1. The summed E-state index contributed by atoms with van der Waals surface area (Å²) in [5.74, 6) is -0.487. The van der Waals surface area contributed by atoms with Crippen LogP contribution >= 0.6 is 0 Å². The van der Waals surface area contributed by atoms with Gasteiger partial charge in [0.2, 0.25) is 5.89 Å². The molecule has 5 nitrogen and oxygen atoms in total. The van der Waals surface area contributed by atoms with Crippen LogP contribution in [0.15, 0.2) is 28.7 Å². The largest absolute Gasteiger partial charge is 0.455 e. The second kappa shape index (κ2) is 5.86. The molecule has 2 atom stereocenters. The molecule has 0 radical (unpaired) electrons. The summed E-state index contributed by atoms with van der Waals surface area (Å²) in [6, 6.07) is 5.34. The van der Waals surface area contributed by atoms with Gasteiger partial charge in [-0.15, -0.1) is 10.2 Å². The summed E-state index contributed by atoms with van der Waals surface area (Å²) >= 11 is 0. The fraction of sp³-hybridized carbons (Fsp3) is 0.471. The van der Waals surface area contributed by atoms with Gasteiger partial charge >= 0.3 is 12.1 Å². The highest BCUT2D eigenvalue weighted by atomic mass is 19.4. The molecule has 0 N–H and O–H groups in total. The molecular formula is C17H15F3N2O3. The number of benzene rings is 1. The molecule has 0 unspecified atom stereocenters. The Balaban J connectivity index is 1.37. The van der Waals surface area contributed by atoms with E-state index < -0.39 is 29.5 Å². The van der Waals surface area contributed by atoms with Gasteiger partial charge in [-0.25, -0.2) is 0 Å². The number of nitrogens with zero attached hydrogens (tertiary/aromatic N) is 2. The van der Waals surface area contributed by atoms with E-state index in [0.29, 0.717) is 18.2 Å². The van der Waals surface area contributed by atoms with E-state index >= 15 is 0 Å². The Labute approximate surface area is 141 Å². The van der Waals surface area contributed by atoms with Crippen molar-refractivity contribution in [2.45, 2.75) is 43.9 Å². The Morgan fingerprint density at radius 2 is 2.00 bits per heavy atom. The minimum absolute atomic E-state index is 0.144. The van der Waals surface area contributed by atoms with Crippen LogP contribution in [0.2, 0.25) is 0 Å². The predicted octanol–water partition coefficient (Wildman–Crippen LogP) is 3.81. The zero-order valence-corrected chi connectivity index (χ0v) is 13.1. The third kappa shape index (κ3) is 3.38. The molecule has 1 heterocycles. The number of rotatable bonds is 5. The number of hydrogen-bond acceptors (Lipinski definition) is 5. The molecule has 1 aromatic carbocycles. The van der Waals surface area contributed by atoms with Gasteiger partial charge in [-0.3, -0.25) is 4.79 Å². The summed E-state index contributed by atoms with van der Waals surface area (Å²) in [5.41, 5.74) is -0.549. The molecular weight excluding hydrogens is 337 g/mol. The lowest BCUT2D eigenvalue weighted by Crippen LogP contribution is -2.11. The van der Waals surface area contributed by atoms with Crippen LogP contribution in [-0.4, -0.2) is 16.2 Å². The second-order valence-electron chi connectivity index (χ2n) is 6.45. The first-order valence-corrected chi connectivity index (χ1v) is 8.08. The Morgan fingerprint density at radius 1 is 1.24 bits per heavy atom. The number of ether oxygens (including phenoxy) is 1. The molecule has 2 fully saturated rings. The molecule has 0 amide bonds. The lowest BCUT2D eigenvalue weighted by molar-refractivity contribution is -0.147. The van der Waals surface area contributed by atoms with Crippen molar-refractivity contribution in [1.82, 2.24) is 10.2 Å². The highest BCUT2D eigenvalue weighted by Gasteiger charge is 2.48. The van der Waals surface area contributed by atoms with Crippen LogP contribution in [0.1, 0.15) is 54.0 Å². The van der Waals surface area contributed by atoms with E-state index in [0.717, 1.165) is 18.9 Å². The van der Waals surface area contributed by atoms with Gasteiger partial charge in [-0.2, -0.15) is 13.2 Å². The van der Waals surface area contributed by atoms with Gasteiger partial charge in [0.15, 0.2) is 6.61 Å². The SMILES string of the molecule is O=C(OCc1nnc(C2CC2)o1)[C@@H]1C[C@@H]1c1ccccc1C(F)(F)F. The molecule has 2 aliphatic carbocycles. The number of halogens is 3. The average Bonchev–Trinajstić information content (AvgIpc) is 3.50. The Bertz CT molecular complexity index is 798. The van der Waals surface area contributed by atoms with E-state index in [1.54, 1.807) is 6.07 Å². The monoisotopic (exact) mass is 352 g/mol. The van der Waals surface area contributed by atoms with Gasteiger partial charge in [0.25, 0.3) is 5.89 Å². The second-order valence-corrected chi connectivity index (χ2v) is 6.45. The molecule has 4 rings (SSSR count). The lowest BCUT2D eigenvalue weighted by Gasteiger charge is -2.12. The van der Waals surface area contributed by atoms with Crippen molar-refractivity contribution in [1.29, 1.82) is 0 Å². The summed E-state index contributed by atoms with van der Waals surface area (Å²) in [6.07, 6.45) is -2.05. The Hall–Kier alpha value is -2.38. The molecule has 2 aliphatic rings. The lowest BCUT2D eigenvalue weighted by atomic mass is 10.0. The number of carbonyl (C=O) groups excluding carboxylic acids is 1. The summed E-state index contributed by atoms with van der Waals surface area (Å²) in [6.45, 7) is -0.150. The standard InChI is InChI=1S/C17H15F3N2O3/c18-17(19,20)13-4-2-1-3-10(13)11-7-12(11)16(23)24-8-14-21-22-15(25-14)9-5-6-9/h1-4,9,11-12H,5-8H2/t11-,12-/m1/s1. The van der Waals surface area contributed by atoms with Crippen molar-refractivity contribution in [2.24, 2.45) is 5.92 Å². The molecule has 132 valence electrons. The van der Waals surface area contributed by atoms with Crippen LogP contribution in [-0.2, 0) is 22.3 Å². The third-order valence-electron chi connectivity index (χ3n) is 4.51. The van der Waals surface area contributed by atoms with Gasteiger partial charge in [-0.1, -0.05) is 18.2 Å². The maximum Gasteiger partial charge on any atom is 0.416 e. The highest BCUT2D eigenvalue weighted by molar-refractivity contribution is 5.77. The molecule has 0 spiro atoms. The van der Waals surface area contributed by atoms with Crippen LogP contribution in [0.4, 0.5) is 13.2 Å².